The summed E-state index contributed by atoms with van der Waals surface area (Å²) in [6, 6.07) is 0. The number of carbonyl (C=O) groups excluding carboxylic acids is 1. The highest BCUT2D eigenvalue weighted by atomic mass is 32.1. The van der Waals surface area contributed by atoms with Gasteiger partial charge < -0.3 is 14.9 Å². The van der Waals surface area contributed by atoms with Crippen LogP contribution in [0.15, 0.2) is 23.7 Å². The van der Waals surface area contributed by atoms with Gasteiger partial charge in [-0.05, 0) is 0 Å². The number of hydrogen-bond acceptors (Lipinski definition) is 5. The summed E-state index contributed by atoms with van der Waals surface area (Å²) in [7, 11) is 0. The minimum Gasteiger partial charge on any atom is -0.478 e. The molecule has 0 spiro atoms. The Kier molecular flexibility index (Phi) is 3.93. The zero-order valence-electron chi connectivity index (χ0n) is 9.65. The van der Waals surface area contributed by atoms with Crippen molar-refractivity contribution >= 4 is 28.3 Å². The molecule has 1 N–H and O–H groups in total. The van der Waals surface area contributed by atoms with E-state index in [4.69, 9.17) is 5.11 Å². The molecule has 0 atom stereocenters. The lowest BCUT2D eigenvalue weighted by molar-refractivity contribution is -0.132. The van der Waals surface area contributed by atoms with Crippen molar-refractivity contribution in [3.63, 3.8) is 0 Å². The first-order valence-electron chi connectivity index (χ1n) is 5.51. The molecule has 0 saturated carbocycles. The molecule has 1 aromatic heterocycles. The van der Waals surface area contributed by atoms with Crippen LogP contribution in [0.25, 0.3) is 0 Å². The first-order chi connectivity index (χ1) is 8.66. The lowest BCUT2D eigenvalue weighted by Gasteiger charge is -2.33. The average molecular weight is 267 g/mol. The number of hydrogen-bond donors (Lipinski definition) is 1. The van der Waals surface area contributed by atoms with Gasteiger partial charge in [-0.15, -0.1) is 11.3 Å². The highest BCUT2D eigenvalue weighted by Crippen LogP contribution is 2.18. The van der Waals surface area contributed by atoms with Crippen molar-refractivity contribution in [1.29, 1.82) is 0 Å². The number of nitrogens with zero attached hydrogens (tertiary/aromatic N) is 3. The summed E-state index contributed by atoms with van der Waals surface area (Å²) in [6.45, 7) is 2.62. The van der Waals surface area contributed by atoms with Gasteiger partial charge in [-0.1, -0.05) is 0 Å². The molecule has 0 unspecified atom stereocenters. The maximum atomic E-state index is 11.6. The molecule has 0 aliphatic carbocycles. The first kappa shape index (κ1) is 12.6. The van der Waals surface area contributed by atoms with Crippen molar-refractivity contribution in [3.05, 3.63) is 23.7 Å². The molecule has 2 heterocycles. The fraction of sp³-hybridized carbons (Fsp3) is 0.364. The fourth-order valence-corrected chi connectivity index (χ4v) is 2.43. The zero-order valence-corrected chi connectivity index (χ0v) is 10.5. The van der Waals surface area contributed by atoms with Crippen LogP contribution in [0.3, 0.4) is 0 Å². The van der Waals surface area contributed by atoms with Crippen LogP contribution in [0.1, 0.15) is 0 Å². The Bertz CT molecular complexity index is 450. The Balaban J connectivity index is 1.87. The highest BCUT2D eigenvalue weighted by molar-refractivity contribution is 7.13. The Hall–Kier alpha value is -1.89. The predicted octanol–water partition coefficient (Wildman–Crippen LogP) is 0.432. The highest BCUT2D eigenvalue weighted by Gasteiger charge is 2.20. The molecule has 7 heteroatoms. The smallest absolute Gasteiger partial charge is 0.328 e. The summed E-state index contributed by atoms with van der Waals surface area (Å²) in [5, 5.41) is 11.3. The van der Waals surface area contributed by atoms with Crippen molar-refractivity contribution in [2.24, 2.45) is 0 Å². The van der Waals surface area contributed by atoms with Crippen LogP contribution >= 0.6 is 11.3 Å². The second-order valence-corrected chi connectivity index (χ2v) is 4.67. The Morgan fingerprint density at radius 2 is 2.00 bits per heavy atom. The molecule has 18 heavy (non-hydrogen) atoms. The van der Waals surface area contributed by atoms with Crippen LogP contribution < -0.4 is 4.90 Å². The molecule has 1 aliphatic heterocycles. The summed E-state index contributed by atoms with van der Waals surface area (Å²) >= 11 is 1.57. The maximum Gasteiger partial charge on any atom is 0.328 e. The summed E-state index contributed by atoms with van der Waals surface area (Å²) in [5.41, 5.74) is 0. The standard InChI is InChI=1S/C11H13N3O3S/c15-9(1-2-10(16)17)13-4-6-14(7-5-13)11-12-3-8-18-11/h1-3,8H,4-7H2,(H,16,17). The van der Waals surface area contributed by atoms with E-state index < -0.39 is 5.97 Å². The van der Waals surface area contributed by atoms with Crippen molar-refractivity contribution in [2.45, 2.75) is 0 Å². The molecule has 1 saturated heterocycles. The SMILES string of the molecule is O=C(O)C=CC(=O)N1CCN(c2nccs2)CC1. The summed E-state index contributed by atoms with van der Waals surface area (Å²) in [4.78, 5) is 29.9. The Morgan fingerprint density at radius 3 is 2.56 bits per heavy atom. The van der Waals surface area contributed by atoms with E-state index in [-0.39, 0.29) is 5.91 Å². The van der Waals surface area contributed by atoms with Gasteiger partial charge in [-0.25, -0.2) is 9.78 Å². The molecule has 1 aliphatic rings. The summed E-state index contributed by atoms with van der Waals surface area (Å²) in [5.74, 6) is -1.36. The monoisotopic (exact) mass is 267 g/mol. The maximum absolute atomic E-state index is 11.6. The molecule has 1 fully saturated rings. The quantitative estimate of drug-likeness (QED) is 0.804. The van der Waals surface area contributed by atoms with Gasteiger partial charge in [0.1, 0.15) is 0 Å². The van der Waals surface area contributed by atoms with E-state index in [1.54, 1.807) is 22.4 Å². The van der Waals surface area contributed by atoms with Crippen LogP contribution in [0, 0.1) is 0 Å². The van der Waals surface area contributed by atoms with Crippen molar-refractivity contribution in [3.8, 4) is 0 Å². The zero-order chi connectivity index (χ0) is 13.0. The molecular formula is C11H13N3O3S. The molecule has 0 radical (unpaired) electrons. The summed E-state index contributed by atoms with van der Waals surface area (Å²) < 4.78 is 0. The molecule has 1 aromatic rings. The third kappa shape index (κ3) is 3.07. The predicted molar refractivity (Wildman–Crippen MR) is 67.7 cm³/mol. The van der Waals surface area contributed by atoms with Crippen LogP contribution in [0.5, 0.6) is 0 Å². The number of carboxylic acid groups (broad SMARTS) is 1. The topological polar surface area (TPSA) is 73.7 Å². The van der Waals surface area contributed by atoms with Gasteiger partial charge >= 0.3 is 5.97 Å². The van der Waals surface area contributed by atoms with E-state index in [1.807, 2.05) is 5.38 Å². The van der Waals surface area contributed by atoms with Crippen LogP contribution in [-0.4, -0.2) is 53.0 Å². The van der Waals surface area contributed by atoms with Gasteiger partial charge in [0.05, 0.1) is 0 Å². The summed E-state index contributed by atoms with van der Waals surface area (Å²) in [6.07, 6.45) is 3.73. The van der Waals surface area contributed by atoms with E-state index in [0.717, 1.165) is 30.4 Å². The largest absolute Gasteiger partial charge is 0.478 e. The van der Waals surface area contributed by atoms with E-state index in [1.165, 1.54) is 0 Å². The molecule has 0 aromatic carbocycles. The number of thiazole rings is 1. The number of piperazine rings is 1. The number of amides is 1. The van der Waals surface area contributed by atoms with Crippen LogP contribution in [0.2, 0.25) is 0 Å². The van der Waals surface area contributed by atoms with Crippen molar-refractivity contribution in [1.82, 2.24) is 9.88 Å². The molecule has 1 amide bonds. The minimum absolute atomic E-state index is 0.254. The number of carbonyl (C=O) groups is 2. The minimum atomic E-state index is -1.11. The van der Waals surface area contributed by atoms with Crippen molar-refractivity contribution in [2.75, 3.05) is 31.1 Å². The second-order valence-electron chi connectivity index (χ2n) is 3.80. The molecular weight excluding hydrogens is 254 g/mol. The Morgan fingerprint density at radius 1 is 1.28 bits per heavy atom. The second kappa shape index (κ2) is 5.63. The molecule has 0 bridgehead atoms. The molecule has 6 nitrogen and oxygen atoms in total. The van der Waals surface area contributed by atoms with Gasteiger partial charge in [0.25, 0.3) is 0 Å². The third-order valence-electron chi connectivity index (χ3n) is 2.65. The number of aliphatic carboxylic acids is 1. The number of carboxylic acids is 1. The van der Waals surface area contributed by atoms with Crippen LogP contribution in [0.4, 0.5) is 5.13 Å². The average Bonchev–Trinajstić information content (AvgIpc) is 2.90. The lowest BCUT2D eigenvalue weighted by Crippen LogP contribution is -2.48. The first-order valence-corrected chi connectivity index (χ1v) is 6.39. The molecule has 96 valence electrons. The Labute approximate surface area is 108 Å². The normalized spacial score (nSPS) is 16.2. The number of aromatic nitrogens is 1. The molecule has 2 rings (SSSR count). The van der Waals surface area contributed by atoms with Gasteiger partial charge in [0, 0.05) is 49.9 Å². The number of anilines is 1. The van der Waals surface area contributed by atoms with Crippen LogP contribution in [-0.2, 0) is 9.59 Å². The van der Waals surface area contributed by atoms with Gasteiger partial charge in [0.15, 0.2) is 5.13 Å². The van der Waals surface area contributed by atoms with E-state index in [2.05, 4.69) is 9.88 Å². The lowest BCUT2D eigenvalue weighted by atomic mass is 10.3. The van der Waals surface area contributed by atoms with Gasteiger partial charge in [-0.3, -0.25) is 4.79 Å². The fourth-order valence-electron chi connectivity index (χ4n) is 1.74. The third-order valence-corrected chi connectivity index (χ3v) is 3.48. The van der Waals surface area contributed by atoms with E-state index in [0.29, 0.717) is 13.1 Å². The van der Waals surface area contributed by atoms with E-state index >= 15 is 0 Å². The number of rotatable bonds is 3. The van der Waals surface area contributed by atoms with Gasteiger partial charge in [-0.2, -0.15) is 0 Å². The van der Waals surface area contributed by atoms with Crippen molar-refractivity contribution < 1.29 is 14.7 Å². The van der Waals surface area contributed by atoms with Gasteiger partial charge in [0.2, 0.25) is 5.91 Å². The van der Waals surface area contributed by atoms with E-state index in [9.17, 15) is 9.59 Å².